The third kappa shape index (κ3) is 4.00. The van der Waals surface area contributed by atoms with E-state index in [-0.39, 0.29) is 24.2 Å². The van der Waals surface area contributed by atoms with Crippen LogP contribution in [0, 0.1) is 5.92 Å². The zero-order chi connectivity index (χ0) is 13.7. The Morgan fingerprint density at radius 2 is 2.47 bits per heavy atom. The van der Waals surface area contributed by atoms with Gasteiger partial charge in [-0.25, -0.2) is 4.98 Å². The SMILES string of the molecule is CCOC(=O)Cc1csc(NC(=O)C2CCOC2)n1. The Labute approximate surface area is 115 Å². The van der Waals surface area contributed by atoms with Crippen molar-refractivity contribution in [1.82, 2.24) is 4.98 Å². The second-order valence-corrected chi connectivity index (χ2v) is 5.03. The minimum atomic E-state index is -0.310. The lowest BCUT2D eigenvalue weighted by molar-refractivity contribution is -0.142. The van der Waals surface area contributed by atoms with Crippen molar-refractivity contribution in [2.75, 3.05) is 25.1 Å². The van der Waals surface area contributed by atoms with Crippen LogP contribution in [0.4, 0.5) is 5.13 Å². The fourth-order valence-electron chi connectivity index (χ4n) is 1.75. The van der Waals surface area contributed by atoms with E-state index in [1.807, 2.05) is 0 Å². The summed E-state index contributed by atoms with van der Waals surface area (Å²) < 4.78 is 10.0. The highest BCUT2D eigenvalue weighted by Crippen LogP contribution is 2.19. The molecule has 0 spiro atoms. The second kappa shape index (κ2) is 6.63. The van der Waals surface area contributed by atoms with Crippen LogP contribution < -0.4 is 5.32 Å². The maximum atomic E-state index is 11.8. The Morgan fingerprint density at radius 1 is 1.63 bits per heavy atom. The third-order valence-electron chi connectivity index (χ3n) is 2.71. The van der Waals surface area contributed by atoms with Gasteiger partial charge in [-0.3, -0.25) is 9.59 Å². The van der Waals surface area contributed by atoms with Gasteiger partial charge in [-0.05, 0) is 13.3 Å². The van der Waals surface area contributed by atoms with Crippen LogP contribution in [0.15, 0.2) is 5.38 Å². The molecule has 19 heavy (non-hydrogen) atoms. The van der Waals surface area contributed by atoms with Crippen molar-refractivity contribution in [3.05, 3.63) is 11.1 Å². The molecule has 1 fully saturated rings. The fourth-order valence-corrected chi connectivity index (χ4v) is 2.47. The van der Waals surface area contributed by atoms with Gasteiger partial charge in [-0.15, -0.1) is 11.3 Å². The molecule has 1 atom stereocenters. The molecule has 1 aromatic heterocycles. The number of thiazole rings is 1. The van der Waals surface area contributed by atoms with E-state index in [1.165, 1.54) is 11.3 Å². The lowest BCUT2D eigenvalue weighted by atomic mass is 10.1. The molecule has 1 aliphatic heterocycles. The van der Waals surface area contributed by atoms with Crippen molar-refractivity contribution < 1.29 is 19.1 Å². The average molecular weight is 284 g/mol. The zero-order valence-electron chi connectivity index (χ0n) is 10.7. The number of amides is 1. The number of esters is 1. The number of ether oxygens (including phenoxy) is 2. The normalized spacial score (nSPS) is 18.3. The van der Waals surface area contributed by atoms with E-state index in [0.29, 0.717) is 30.6 Å². The summed E-state index contributed by atoms with van der Waals surface area (Å²) in [6, 6.07) is 0. The molecule has 2 rings (SSSR count). The number of aromatic nitrogens is 1. The summed E-state index contributed by atoms with van der Waals surface area (Å²) in [5.74, 6) is -0.484. The van der Waals surface area contributed by atoms with Crippen molar-refractivity contribution >= 4 is 28.3 Å². The van der Waals surface area contributed by atoms with Crippen LogP contribution in [0.2, 0.25) is 0 Å². The van der Waals surface area contributed by atoms with Crippen molar-refractivity contribution in [3.63, 3.8) is 0 Å². The molecule has 0 radical (unpaired) electrons. The van der Waals surface area contributed by atoms with Crippen LogP contribution in [-0.2, 0) is 25.5 Å². The number of hydrogen-bond donors (Lipinski definition) is 1. The van der Waals surface area contributed by atoms with E-state index in [9.17, 15) is 9.59 Å². The summed E-state index contributed by atoms with van der Waals surface area (Å²) in [6.45, 7) is 3.21. The number of anilines is 1. The molecule has 1 aromatic rings. The summed E-state index contributed by atoms with van der Waals surface area (Å²) in [6.07, 6.45) is 0.875. The molecule has 104 valence electrons. The van der Waals surface area contributed by atoms with Crippen molar-refractivity contribution in [2.45, 2.75) is 19.8 Å². The number of carbonyl (C=O) groups excluding carboxylic acids is 2. The molecule has 0 aliphatic carbocycles. The molecule has 1 N–H and O–H groups in total. The predicted molar refractivity (Wildman–Crippen MR) is 70.0 cm³/mol. The highest BCUT2D eigenvalue weighted by atomic mass is 32.1. The van der Waals surface area contributed by atoms with E-state index in [0.717, 1.165) is 6.42 Å². The Hall–Kier alpha value is -1.47. The molecular formula is C12H16N2O4S. The van der Waals surface area contributed by atoms with Gasteiger partial charge in [0.1, 0.15) is 0 Å². The van der Waals surface area contributed by atoms with E-state index < -0.39 is 0 Å². The molecule has 6 nitrogen and oxygen atoms in total. The largest absolute Gasteiger partial charge is 0.466 e. The molecule has 0 saturated carbocycles. The van der Waals surface area contributed by atoms with Crippen LogP contribution >= 0.6 is 11.3 Å². The Morgan fingerprint density at radius 3 is 3.16 bits per heavy atom. The minimum absolute atomic E-state index is 0.0745. The lowest BCUT2D eigenvalue weighted by Gasteiger charge is -2.05. The van der Waals surface area contributed by atoms with Gasteiger partial charge in [0.25, 0.3) is 0 Å². The first-order chi connectivity index (χ1) is 9.19. The average Bonchev–Trinajstić information content (AvgIpc) is 3.00. The Balaban J connectivity index is 1.86. The van der Waals surface area contributed by atoms with Crippen LogP contribution in [0.5, 0.6) is 0 Å². The summed E-state index contributed by atoms with van der Waals surface area (Å²) in [5, 5.41) is 5.00. The number of hydrogen-bond acceptors (Lipinski definition) is 6. The van der Waals surface area contributed by atoms with Gasteiger partial charge < -0.3 is 14.8 Å². The number of nitrogens with one attached hydrogen (secondary N) is 1. The topological polar surface area (TPSA) is 77.5 Å². The standard InChI is InChI=1S/C12H16N2O4S/c1-2-18-10(15)5-9-7-19-12(13-9)14-11(16)8-3-4-17-6-8/h7-8H,2-6H2,1H3,(H,13,14,16). The Kier molecular flexibility index (Phi) is 4.86. The summed E-state index contributed by atoms with van der Waals surface area (Å²) in [7, 11) is 0. The summed E-state index contributed by atoms with van der Waals surface area (Å²) in [4.78, 5) is 27.3. The molecule has 2 heterocycles. The van der Waals surface area contributed by atoms with Crippen LogP contribution in [0.3, 0.4) is 0 Å². The summed E-state index contributed by atoms with van der Waals surface area (Å²) >= 11 is 1.31. The van der Waals surface area contributed by atoms with Crippen LogP contribution in [-0.4, -0.2) is 36.7 Å². The molecule has 7 heteroatoms. The van der Waals surface area contributed by atoms with Crippen molar-refractivity contribution in [2.24, 2.45) is 5.92 Å². The molecule has 1 unspecified atom stereocenters. The first-order valence-electron chi connectivity index (χ1n) is 6.17. The number of rotatable bonds is 5. The van der Waals surface area contributed by atoms with Crippen molar-refractivity contribution in [3.8, 4) is 0 Å². The maximum Gasteiger partial charge on any atom is 0.311 e. The molecule has 1 aliphatic rings. The van der Waals surface area contributed by atoms with Gasteiger partial charge in [-0.2, -0.15) is 0 Å². The Bertz CT molecular complexity index is 454. The molecule has 0 bridgehead atoms. The quantitative estimate of drug-likeness (QED) is 0.823. The fraction of sp³-hybridized carbons (Fsp3) is 0.583. The monoisotopic (exact) mass is 284 g/mol. The van der Waals surface area contributed by atoms with E-state index >= 15 is 0 Å². The molecule has 1 amide bonds. The smallest absolute Gasteiger partial charge is 0.311 e. The molecule has 0 aromatic carbocycles. The van der Waals surface area contributed by atoms with Gasteiger partial charge in [0, 0.05) is 12.0 Å². The van der Waals surface area contributed by atoms with Gasteiger partial charge in [0.2, 0.25) is 5.91 Å². The summed E-state index contributed by atoms with van der Waals surface area (Å²) in [5.41, 5.74) is 0.612. The third-order valence-corrected chi connectivity index (χ3v) is 3.52. The molecular weight excluding hydrogens is 268 g/mol. The van der Waals surface area contributed by atoms with E-state index in [1.54, 1.807) is 12.3 Å². The lowest BCUT2D eigenvalue weighted by Crippen LogP contribution is -2.22. The second-order valence-electron chi connectivity index (χ2n) is 4.18. The van der Waals surface area contributed by atoms with Crippen molar-refractivity contribution in [1.29, 1.82) is 0 Å². The first-order valence-corrected chi connectivity index (χ1v) is 7.05. The zero-order valence-corrected chi connectivity index (χ0v) is 11.5. The number of carbonyl (C=O) groups is 2. The predicted octanol–water partition coefficient (Wildman–Crippen LogP) is 1.22. The first kappa shape index (κ1) is 14.0. The van der Waals surface area contributed by atoms with Gasteiger partial charge in [0.05, 0.1) is 31.2 Å². The highest BCUT2D eigenvalue weighted by Gasteiger charge is 2.24. The van der Waals surface area contributed by atoms with Crippen LogP contribution in [0.1, 0.15) is 19.0 Å². The van der Waals surface area contributed by atoms with Gasteiger partial charge >= 0.3 is 5.97 Å². The molecule has 1 saturated heterocycles. The number of nitrogens with zero attached hydrogens (tertiary/aromatic N) is 1. The van der Waals surface area contributed by atoms with Gasteiger partial charge in [-0.1, -0.05) is 0 Å². The van der Waals surface area contributed by atoms with Gasteiger partial charge in [0.15, 0.2) is 5.13 Å². The maximum absolute atomic E-state index is 11.8. The van der Waals surface area contributed by atoms with E-state index in [4.69, 9.17) is 9.47 Å². The minimum Gasteiger partial charge on any atom is -0.466 e. The van der Waals surface area contributed by atoms with Crippen LogP contribution in [0.25, 0.3) is 0 Å². The van der Waals surface area contributed by atoms with E-state index in [2.05, 4.69) is 10.3 Å². The highest BCUT2D eigenvalue weighted by molar-refractivity contribution is 7.13.